The van der Waals surface area contributed by atoms with E-state index < -0.39 is 0 Å². The van der Waals surface area contributed by atoms with E-state index in [1.165, 1.54) is 13.2 Å². The standard InChI is InChI=1S/C15H20ClFN2OS/c1-10(9-21-3)8-19-13-7-14(20-2)11(17)6-12(13)18-15(19)4-5-16/h6-7,10H,4-5,8-9H2,1-3H3. The zero-order valence-corrected chi connectivity index (χ0v) is 14.1. The van der Waals surface area contributed by atoms with Crippen molar-refractivity contribution in [1.29, 1.82) is 0 Å². The third kappa shape index (κ3) is 3.64. The zero-order chi connectivity index (χ0) is 15.4. The van der Waals surface area contributed by atoms with Gasteiger partial charge in [-0.05, 0) is 17.9 Å². The molecule has 1 aromatic heterocycles. The Balaban J connectivity index is 2.49. The number of hydrogen-bond acceptors (Lipinski definition) is 3. The average molecular weight is 331 g/mol. The lowest BCUT2D eigenvalue weighted by molar-refractivity contribution is 0.387. The van der Waals surface area contributed by atoms with Crippen molar-refractivity contribution in [3.8, 4) is 5.75 Å². The zero-order valence-electron chi connectivity index (χ0n) is 12.5. The first-order chi connectivity index (χ1) is 10.1. The van der Waals surface area contributed by atoms with Crippen molar-refractivity contribution in [3.63, 3.8) is 0 Å². The fourth-order valence-electron chi connectivity index (χ4n) is 2.46. The molecule has 0 N–H and O–H groups in total. The summed E-state index contributed by atoms with van der Waals surface area (Å²) in [4.78, 5) is 4.53. The average Bonchev–Trinajstić information content (AvgIpc) is 2.75. The molecule has 0 radical (unpaired) electrons. The van der Waals surface area contributed by atoms with E-state index in [2.05, 4.69) is 22.7 Å². The highest BCUT2D eigenvalue weighted by Gasteiger charge is 2.16. The second kappa shape index (κ2) is 7.36. The largest absolute Gasteiger partial charge is 0.494 e. The number of ether oxygens (including phenoxy) is 1. The summed E-state index contributed by atoms with van der Waals surface area (Å²) in [7, 11) is 1.47. The highest BCUT2D eigenvalue weighted by Crippen LogP contribution is 2.27. The van der Waals surface area contributed by atoms with Crippen LogP contribution >= 0.6 is 23.4 Å². The molecule has 1 atom stereocenters. The lowest BCUT2D eigenvalue weighted by atomic mass is 10.2. The molecule has 0 saturated carbocycles. The van der Waals surface area contributed by atoms with E-state index in [0.717, 1.165) is 23.6 Å². The fraction of sp³-hybridized carbons (Fsp3) is 0.533. The first-order valence-electron chi connectivity index (χ1n) is 6.88. The van der Waals surface area contributed by atoms with Crippen LogP contribution < -0.4 is 4.74 Å². The molecule has 3 nitrogen and oxygen atoms in total. The summed E-state index contributed by atoms with van der Waals surface area (Å²) in [5.74, 6) is 2.84. The summed E-state index contributed by atoms with van der Waals surface area (Å²) in [6.07, 6.45) is 2.77. The van der Waals surface area contributed by atoms with Gasteiger partial charge in [0.25, 0.3) is 0 Å². The number of nitrogens with zero attached hydrogens (tertiary/aromatic N) is 2. The van der Waals surface area contributed by atoms with Crippen molar-refractivity contribution in [1.82, 2.24) is 9.55 Å². The number of halogens is 2. The van der Waals surface area contributed by atoms with Gasteiger partial charge in [0.2, 0.25) is 0 Å². The molecule has 0 fully saturated rings. The van der Waals surface area contributed by atoms with Gasteiger partial charge in [0.05, 0.1) is 18.1 Å². The van der Waals surface area contributed by atoms with Crippen LogP contribution in [0, 0.1) is 11.7 Å². The molecule has 0 saturated heterocycles. The fourth-order valence-corrected chi connectivity index (χ4v) is 3.30. The maximum atomic E-state index is 13.8. The molecule has 0 aliphatic rings. The minimum atomic E-state index is -0.385. The third-order valence-electron chi connectivity index (χ3n) is 3.36. The molecule has 1 heterocycles. The van der Waals surface area contributed by atoms with Gasteiger partial charge in [0.15, 0.2) is 11.6 Å². The SMILES string of the molecule is COc1cc2c(cc1F)nc(CCCl)n2CC(C)CSC. The van der Waals surface area contributed by atoms with E-state index in [0.29, 0.717) is 23.7 Å². The monoisotopic (exact) mass is 330 g/mol. The molecule has 116 valence electrons. The van der Waals surface area contributed by atoms with Gasteiger partial charge in [-0.1, -0.05) is 6.92 Å². The number of alkyl halides is 1. The molecule has 0 spiro atoms. The number of imidazole rings is 1. The normalized spacial score (nSPS) is 12.8. The molecule has 0 amide bonds. The number of benzene rings is 1. The summed E-state index contributed by atoms with van der Waals surface area (Å²) in [6, 6.07) is 3.16. The van der Waals surface area contributed by atoms with Gasteiger partial charge in [-0.2, -0.15) is 11.8 Å². The number of aryl methyl sites for hydroxylation is 1. The Bertz CT molecular complexity index is 617. The lowest BCUT2D eigenvalue weighted by Gasteiger charge is -2.14. The topological polar surface area (TPSA) is 27.1 Å². The highest BCUT2D eigenvalue weighted by atomic mass is 35.5. The van der Waals surface area contributed by atoms with E-state index in [1.807, 2.05) is 11.8 Å². The van der Waals surface area contributed by atoms with E-state index in [9.17, 15) is 4.39 Å². The molecular formula is C15H20ClFN2OS. The van der Waals surface area contributed by atoms with Gasteiger partial charge >= 0.3 is 0 Å². The molecule has 0 aliphatic carbocycles. The van der Waals surface area contributed by atoms with Crippen LogP contribution in [0.15, 0.2) is 12.1 Å². The molecule has 1 aromatic carbocycles. The Morgan fingerprint density at radius 2 is 2.24 bits per heavy atom. The van der Waals surface area contributed by atoms with Gasteiger partial charge in [-0.25, -0.2) is 9.37 Å². The smallest absolute Gasteiger partial charge is 0.167 e. The molecular weight excluding hydrogens is 311 g/mol. The van der Waals surface area contributed by atoms with Crippen molar-refractivity contribution in [2.45, 2.75) is 19.9 Å². The van der Waals surface area contributed by atoms with Crippen molar-refractivity contribution in [2.75, 3.05) is 25.0 Å². The highest BCUT2D eigenvalue weighted by molar-refractivity contribution is 7.98. The third-order valence-corrected chi connectivity index (χ3v) is 4.46. The summed E-state index contributed by atoms with van der Waals surface area (Å²) >= 11 is 7.69. The van der Waals surface area contributed by atoms with Gasteiger partial charge in [-0.3, -0.25) is 0 Å². The predicted octanol–water partition coefficient (Wildman–Crippen LogP) is 3.96. The van der Waals surface area contributed by atoms with Gasteiger partial charge < -0.3 is 9.30 Å². The Hall–Kier alpha value is -0.940. The van der Waals surface area contributed by atoms with Gasteiger partial charge in [0.1, 0.15) is 5.82 Å². The van der Waals surface area contributed by atoms with Gasteiger partial charge in [-0.15, -0.1) is 11.6 Å². The van der Waals surface area contributed by atoms with E-state index in [1.54, 1.807) is 6.07 Å². The molecule has 2 rings (SSSR count). The minimum absolute atomic E-state index is 0.249. The van der Waals surface area contributed by atoms with Crippen LogP contribution in [-0.4, -0.2) is 34.5 Å². The van der Waals surface area contributed by atoms with Crippen molar-refractivity contribution in [3.05, 3.63) is 23.8 Å². The van der Waals surface area contributed by atoms with Crippen LogP contribution in [0.1, 0.15) is 12.7 Å². The van der Waals surface area contributed by atoms with E-state index in [-0.39, 0.29) is 11.6 Å². The quantitative estimate of drug-likeness (QED) is 0.719. The van der Waals surface area contributed by atoms with Crippen LogP contribution in [0.25, 0.3) is 11.0 Å². The van der Waals surface area contributed by atoms with Crippen LogP contribution in [-0.2, 0) is 13.0 Å². The Kier molecular flexibility index (Phi) is 5.76. The Labute approximate surface area is 133 Å². The summed E-state index contributed by atoms with van der Waals surface area (Å²) < 4.78 is 21.0. The van der Waals surface area contributed by atoms with Crippen LogP contribution in [0.2, 0.25) is 0 Å². The van der Waals surface area contributed by atoms with Crippen molar-refractivity contribution >= 4 is 34.4 Å². The molecule has 6 heteroatoms. The summed E-state index contributed by atoms with van der Waals surface area (Å²) in [6.45, 7) is 3.05. The molecule has 0 bridgehead atoms. The molecule has 0 aliphatic heterocycles. The lowest BCUT2D eigenvalue weighted by Crippen LogP contribution is -2.13. The van der Waals surface area contributed by atoms with Crippen molar-refractivity contribution < 1.29 is 9.13 Å². The molecule has 21 heavy (non-hydrogen) atoms. The summed E-state index contributed by atoms with van der Waals surface area (Å²) in [5.41, 5.74) is 1.56. The number of fused-ring (bicyclic) bond motifs is 1. The van der Waals surface area contributed by atoms with Gasteiger partial charge in [0, 0.05) is 31.0 Å². The number of rotatable bonds is 7. The number of hydrogen-bond donors (Lipinski definition) is 0. The van der Waals surface area contributed by atoms with Crippen LogP contribution in [0.3, 0.4) is 0 Å². The second-order valence-corrected chi connectivity index (χ2v) is 6.40. The Morgan fingerprint density at radius 3 is 2.86 bits per heavy atom. The molecule has 2 aromatic rings. The second-order valence-electron chi connectivity index (χ2n) is 5.11. The Morgan fingerprint density at radius 1 is 1.48 bits per heavy atom. The van der Waals surface area contributed by atoms with E-state index in [4.69, 9.17) is 16.3 Å². The van der Waals surface area contributed by atoms with E-state index >= 15 is 0 Å². The maximum Gasteiger partial charge on any atom is 0.167 e. The minimum Gasteiger partial charge on any atom is -0.494 e. The first kappa shape index (κ1) is 16.4. The van der Waals surface area contributed by atoms with Crippen LogP contribution in [0.5, 0.6) is 5.75 Å². The first-order valence-corrected chi connectivity index (χ1v) is 8.81. The maximum absolute atomic E-state index is 13.8. The van der Waals surface area contributed by atoms with Crippen molar-refractivity contribution in [2.24, 2.45) is 5.92 Å². The molecule has 1 unspecified atom stereocenters. The predicted molar refractivity (Wildman–Crippen MR) is 88.2 cm³/mol. The number of methoxy groups -OCH3 is 1. The number of aromatic nitrogens is 2. The number of thioether (sulfide) groups is 1. The van der Waals surface area contributed by atoms with Crippen LogP contribution in [0.4, 0.5) is 4.39 Å². The summed E-state index contributed by atoms with van der Waals surface area (Å²) in [5, 5.41) is 0.